The molecule has 1 fully saturated rings. The Bertz CT molecular complexity index is 909. The average molecular weight is 386 g/mol. The van der Waals surface area contributed by atoms with Crippen LogP contribution < -0.4 is 4.74 Å². The van der Waals surface area contributed by atoms with Gasteiger partial charge in [0, 0.05) is 37.0 Å². The topological polar surface area (TPSA) is 59.8 Å². The minimum Gasteiger partial charge on any atom is -0.486 e. The molecule has 6 heteroatoms. The lowest BCUT2D eigenvalue weighted by Gasteiger charge is -2.43. The number of ketones is 1. The Morgan fingerprint density at radius 3 is 2.78 bits per heavy atom. The number of halogens is 1. The number of aryl methyl sites for hydroxylation is 1. The number of ether oxygens (including phenoxy) is 1. The molecule has 0 N–H and O–H groups in total. The van der Waals surface area contributed by atoms with E-state index >= 15 is 0 Å². The zero-order chi connectivity index (χ0) is 19.0. The number of benzene rings is 1. The van der Waals surface area contributed by atoms with E-state index in [2.05, 4.69) is 0 Å². The molecule has 0 atom stereocenters. The van der Waals surface area contributed by atoms with Gasteiger partial charge in [0.05, 0.1) is 18.2 Å². The maximum atomic E-state index is 12.6. The van der Waals surface area contributed by atoms with Crippen LogP contribution in [0.3, 0.4) is 0 Å². The van der Waals surface area contributed by atoms with Gasteiger partial charge in [0.25, 0.3) is 0 Å². The van der Waals surface area contributed by atoms with Crippen LogP contribution in [0.1, 0.15) is 40.9 Å². The number of carbonyl (C=O) groups is 2. The number of hydrogen-bond donors (Lipinski definition) is 0. The smallest absolute Gasteiger partial charge is 0.246 e. The average Bonchev–Trinajstić information content (AvgIpc) is 3.16. The van der Waals surface area contributed by atoms with Gasteiger partial charge in [-0.3, -0.25) is 9.59 Å². The first-order valence-corrected chi connectivity index (χ1v) is 9.36. The van der Waals surface area contributed by atoms with E-state index in [1.54, 1.807) is 35.4 Å². The van der Waals surface area contributed by atoms with E-state index in [9.17, 15) is 9.59 Å². The highest BCUT2D eigenvalue weighted by Crippen LogP contribution is 2.41. The Balaban J connectivity index is 1.44. The lowest BCUT2D eigenvalue weighted by atomic mass is 9.82. The largest absolute Gasteiger partial charge is 0.486 e. The molecule has 2 aromatic rings. The predicted molar refractivity (Wildman–Crippen MR) is 102 cm³/mol. The number of piperidine rings is 1. The maximum Gasteiger partial charge on any atom is 0.246 e. The minimum atomic E-state index is -0.536. The van der Waals surface area contributed by atoms with Crippen LogP contribution in [0.15, 0.2) is 41.0 Å². The van der Waals surface area contributed by atoms with Gasteiger partial charge in [-0.05, 0) is 42.8 Å². The lowest BCUT2D eigenvalue weighted by molar-refractivity contribution is -0.129. The summed E-state index contributed by atoms with van der Waals surface area (Å²) in [4.78, 5) is 26.8. The first-order valence-electron chi connectivity index (χ1n) is 8.99. The van der Waals surface area contributed by atoms with Crippen LogP contribution in [0, 0.1) is 6.92 Å². The summed E-state index contributed by atoms with van der Waals surface area (Å²) in [6, 6.07) is 7.10. The van der Waals surface area contributed by atoms with Crippen molar-refractivity contribution in [2.24, 2.45) is 0 Å². The molecule has 0 bridgehead atoms. The van der Waals surface area contributed by atoms with Gasteiger partial charge < -0.3 is 14.1 Å². The number of fused-ring (bicyclic) bond motifs is 1. The Morgan fingerprint density at radius 2 is 2.07 bits per heavy atom. The van der Waals surface area contributed by atoms with Crippen LogP contribution in [0.4, 0.5) is 0 Å². The number of nitrogens with zero attached hydrogens (tertiary/aromatic N) is 1. The fraction of sp³-hybridized carbons (Fsp3) is 0.333. The molecule has 3 heterocycles. The molecule has 140 valence electrons. The summed E-state index contributed by atoms with van der Waals surface area (Å²) in [5.74, 6) is 1.23. The van der Waals surface area contributed by atoms with Gasteiger partial charge in [-0.1, -0.05) is 11.6 Å². The summed E-state index contributed by atoms with van der Waals surface area (Å²) in [5.41, 5.74) is 0.901. The van der Waals surface area contributed by atoms with E-state index in [4.69, 9.17) is 20.8 Å². The number of rotatable bonds is 2. The van der Waals surface area contributed by atoms with Crippen molar-refractivity contribution in [2.45, 2.75) is 31.8 Å². The molecule has 0 radical (unpaired) electrons. The SMILES string of the molecule is Cc1cc2c(cc1Cl)C(=O)CC1(CCN(C(=O)/C=C/c3ccco3)CC1)O2. The summed E-state index contributed by atoms with van der Waals surface area (Å²) in [7, 11) is 0. The maximum absolute atomic E-state index is 12.6. The second-order valence-electron chi connectivity index (χ2n) is 7.16. The van der Waals surface area contributed by atoms with E-state index in [-0.39, 0.29) is 11.7 Å². The molecule has 27 heavy (non-hydrogen) atoms. The third-order valence-electron chi connectivity index (χ3n) is 5.29. The van der Waals surface area contributed by atoms with Crippen LogP contribution >= 0.6 is 11.6 Å². The molecule has 2 aliphatic rings. The van der Waals surface area contributed by atoms with Crippen molar-refractivity contribution in [1.82, 2.24) is 4.90 Å². The number of hydrogen-bond acceptors (Lipinski definition) is 4. The number of likely N-dealkylation sites (tertiary alicyclic amines) is 1. The summed E-state index contributed by atoms with van der Waals surface area (Å²) < 4.78 is 11.5. The fourth-order valence-corrected chi connectivity index (χ4v) is 3.84. The second kappa shape index (κ2) is 6.89. The summed E-state index contributed by atoms with van der Waals surface area (Å²) in [5, 5.41) is 0.574. The van der Waals surface area contributed by atoms with E-state index < -0.39 is 5.60 Å². The molecule has 4 rings (SSSR count). The highest BCUT2D eigenvalue weighted by molar-refractivity contribution is 6.31. The molecule has 0 saturated carbocycles. The summed E-state index contributed by atoms with van der Waals surface area (Å²) in [6.07, 6.45) is 6.32. The van der Waals surface area contributed by atoms with Crippen molar-refractivity contribution in [3.63, 3.8) is 0 Å². The highest BCUT2D eigenvalue weighted by atomic mass is 35.5. The third kappa shape index (κ3) is 3.52. The molecule has 1 aromatic heterocycles. The standard InChI is InChI=1S/C21H20ClNO4/c1-14-11-19-16(12-17(14)22)18(24)13-21(27-19)6-8-23(9-7-21)20(25)5-4-15-3-2-10-26-15/h2-5,10-12H,6-9,13H2,1H3/b5-4+. The fourth-order valence-electron chi connectivity index (χ4n) is 3.67. The van der Waals surface area contributed by atoms with E-state index in [1.807, 2.05) is 13.0 Å². The van der Waals surface area contributed by atoms with E-state index in [0.29, 0.717) is 54.4 Å². The van der Waals surface area contributed by atoms with Gasteiger partial charge in [0.2, 0.25) is 5.91 Å². The molecule has 5 nitrogen and oxygen atoms in total. The van der Waals surface area contributed by atoms with Gasteiger partial charge in [0.1, 0.15) is 17.1 Å². The van der Waals surface area contributed by atoms with E-state index in [0.717, 1.165) is 5.56 Å². The van der Waals surface area contributed by atoms with Gasteiger partial charge in [0.15, 0.2) is 5.78 Å². The van der Waals surface area contributed by atoms with Crippen molar-refractivity contribution in [1.29, 1.82) is 0 Å². The van der Waals surface area contributed by atoms with Crippen LogP contribution in [0.25, 0.3) is 6.08 Å². The van der Waals surface area contributed by atoms with Gasteiger partial charge in [-0.2, -0.15) is 0 Å². The predicted octanol–water partition coefficient (Wildman–Crippen LogP) is 4.28. The quantitative estimate of drug-likeness (QED) is 0.724. The molecule has 1 spiro atoms. The summed E-state index contributed by atoms with van der Waals surface area (Å²) in [6.45, 7) is 3.00. The van der Waals surface area contributed by atoms with Crippen LogP contribution in [0.2, 0.25) is 5.02 Å². The number of amides is 1. The second-order valence-corrected chi connectivity index (χ2v) is 7.56. The zero-order valence-corrected chi connectivity index (χ0v) is 15.8. The Morgan fingerprint density at radius 1 is 1.30 bits per heavy atom. The number of furan rings is 1. The van der Waals surface area contributed by atoms with Gasteiger partial charge in [-0.25, -0.2) is 0 Å². The monoisotopic (exact) mass is 385 g/mol. The minimum absolute atomic E-state index is 0.0515. The van der Waals surface area contributed by atoms with Crippen molar-refractivity contribution in [3.05, 3.63) is 58.5 Å². The van der Waals surface area contributed by atoms with Crippen molar-refractivity contribution < 1.29 is 18.7 Å². The van der Waals surface area contributed by atoms with Crippen molar-refractivity contribution in [2.75, 3.05) is 13.1 Å². The van der Waals surface area contributed by atoms with Crippen molar-refractivity contribution in [3.8, 4) is 5.75 Å². The Labute approximate surface area is 162 Å². The molecule has 2 aliphatic heterocycles. The van der Waals surface area contributed by atoms with Crippen molar-refractivity contribution >= 4 is 29.4 Å². The normalized spacial score (nSPS) is 18.6. The molecule has 1 amide bonds. The Kier molecular flexibility index (Phi) is 4.56. The Hall–Kier alpha value is -2.53. The summed E-state index contributed by atoms with van der Waals surface area (Å²) >= 11 is 6.14. The molecule has 1 aromatic carbocycles. The third-order valence-corrected chi connectivity index (χ3v) is 5.70. The lowest BCUT2D eigenvalue weighted by Crippen LogP contribution is -2.52. The van der Waals surface area contributed by atoms with E-state index in [1.165, 1.54) is 6.08 Å². The first-order chi connectivity index (χ1) is 13.0. The van der Waals surface area contributed by atoms with Crippen LogP contribution in [-0.2, 0) is 4.79 Å². The molecular formula is C21H20ClNO4. The zero-order valence-electron chi connectivity index (χ0n) is 15.0. The molecular weight excluding hydrogens is 366 g/mol. The number of carbonyl (C=O) groups excluding carboxylic acids is 2. The van der Waals surface area contributed by atoms with Crippen LogP contribution in [0.5, 0.6) is 5.75 Å². The highest BCUT2D eigenvalue weighted by Gasteiger charge is 2.43. The van der Waals surface area contributed by atoms with Gasteiger partial charge in [-0.15, -0.1) is 0 Å². The first kappa shape index (κ1) is 17.9. The van der Waals surface area contributed by atoms with Gasteiger partial charge >= 0.3 is 0 Å². The van der Waals surface area contributed by atoms with Crippen LogP contribution in [-0.4, -0.2) is 35.3 Å². The molecule has 0 unspecified atom stereocenters. The molecule has 1 saturated heterocycles. The molecule has 0 aliphatic carbocycles. The number of Topliss-reactive ketones (excluding diaryl/α,β-unsaturated/α-hetero) is 1.